The summed E-state index contributed by atoms with van der Waals surface area (Å²) in [5.41, 5.74) is 1.46. The van der Waals surface area contributed by atoms with Crippen molar-refractivity contribution in [1.29, 1.82) is 0 Å². The Hall–Kier alpha value is -2.22. The molecule has 1 fully saturated rings. The van der Waals surface area contributed by atoms with E-state index in [1.54, 1.807) is 23.3 Å². The highest BCUT2D eigenvalue weighted by Gasteiger charge is 2.42. The third-order valence-electron chi connectivity index (χ3n) is 6.24. The number of likely N-dealkylation sites (N-methyl/N-ethyl adjacent to an activating group) is 2. The lowest BCUT2D eigenvalue weighted by Gasteiger charge is -2.39. The van der Waals surface area contributed by atoms with Gasteiger partial charge in [0, 0.05) is 50.2 Å². The minimum Gasteiger partial charge on any atom is -0.355 e. The Bertz CT molecular complexity index is 877. The Kier molecular flexibility index (Phi) is 6.51. The SMILES string of the molecule is CN1CCN(CCCNC(=O)[C@@H]2c3ccccc3C(=O)N(C)[C@@H]2c2cccs2)CC1. The summed E-state index contributed by atoms with van der Waals surface area (Å²) in [5.74, 6) is -0.423. The molecule has 2 amide bonds. The minimum atomic E-state index is -0.397. The second-order valence-corrected chi connectivity index (χ2v) is 9.21. The number of nitrogens with zero attached hydrogens (tertiary/aromatic N) is 3. The summed E-state index contributed by atoms with van der Waals surface area (Å²) in [6.45, 7) is 6.05. The van der Waals surface area contributed by atoms with Gasteiger partial charge in [-0.2, -0.15) is 0 Å². The Morgan fingerprint density at radius 3 is 2.60 bits per heavy atom. The highest BCUT2D eigenvalue weighted by atomic mass is 32.1. The number of rotatable bonds is 6. The van der Waals surface area contributed by atoms with Gasteiger partial charge in [0.2, 0.25) is 5.91 Å². The molecule has 30 heavy (non-hydrogen) atoms. The first-order valence-electron chi connectivity index (χ1n) is 10.6. The van der Waals surface area contributed by atoms with Crippen LogP contribution in [-0.4, -0.2) is 79.9 Å². The number of piperazine rings is 1. The predicted octanol–water partition coefficient (Wildman–Crippen LogP) is 2.41. The number of carbonyl (C=O) groups is 2. The normalized spacial score (nSPS) is 22.7. The average Bonchev–Trinajstić information content (AvgIpc) is 3.29. The van der Waals surface area contributed by atoms with Crippen LogP contribution in [0.5, 0.6) is 0 Å². The van der Waals surface area contributed by atoms with Crippen molar-refractivity contribution in [2.45, 2.75) is 18.4 Å². The summed E-state index contributed by atoms with van der Waals surface area (Å²) in [6, 6.07) is 11.2. The van der Waals surface area contributed by atoms with Crippen LogP contribution in [0, 0.1) is 0 Å². The van der Waals surface area contributed by atoms with Crippen LogP contribution < -0.4 is 5.32 Å². The smallest absolute Gasteiger partial charge is 0.254 e. The Labute approximate surface area is 182 Å². The molecule has 1 saturated heterocycles. The quantitative estimate of drug-likeness (QED) is 0.721. The topological polar surface area (TPSA) is 55.9 Å². The summed E-state index contributed by atoms with van der Waals surface area (Å²) < 4.78 is 0. The van der Waals surface area contributed by atoms with Crippen molar-refractivity contribution in [3.8, 4) is 0 Å². The van der Waals surface area contributed by atoms with Crippen LogP contribution in [0.2, 0.25) is 0 Å². The van der Waals surface area contributed by atoms with Gasteiger partial charge >= 0.3 is 0 Å². The first-order chi connectivity index (χ1) is 14.6. The molecule has 0 spiro atoms. The zero-order chi connectivity index (χ0) is 21.1. The Balaban J connectivity index is 1.46. The lowest BCUT2D eigenvalue weighted by molar-refractivity contribution is -0.124. The van der Waals surface area contributed by atoms with Crippen molar-refractivity contribution >= 4 is 23.2 Å². The van der Waals surface area contributed by atoms with Gasteiger partial charge in [-0.15, -0.1) is 11.3 Å². The molecule has 1 aromatic carbocycles. The number of nitrogens with one attached hydrogen (secondary N) is 1. The molecule has 0 bridgehead atoms. The maximum atomic E-state index is 13.3. The lowest BCUT2D eigenvalue weighted by Crippen LogP contribution is -2.46. The molecule has 0 aliphatic carbocycles. The summed E-state index contributed by atoms with van der Waals surface area (Å²) in [5, 5.41) is 5.16. The molecule has 3 heterocycles. The summed E-state index contributed by atoms with van der Waals surface area (Å²) in [4.78, 5) is 33.9. The van der Waals surface area contributed by atoms with Crippen molar-refractivity contribution in [2.75, 3.05) is 53.4 Å². The number of carbonyl (C=O) groups excluding carboxylic acids is 2. The molecule has 2 aliphatic rings. The molecule has 4 rings (SSSR count). The number of amides is 2. The van der Waals surface area contributed by atoms with Crippen molar-refractivity contribution in [1.82, 2.24) is 20.0 Å². The molecule has 0 radical (unpaired) electrons. The first-order valence-corrected chi connectivity index (χ1v) is 11.5. The van der Waals surface area contributed by atoms with Crippen molar-refractivity contribution < 1.29 is 9.59 Å². The van der Waals surface area contributed by atoms with Gasteiger partial charge in [-0.1, -0.05) is 24.3 Å². The van der Waals surface area contributed by atoms with Gasteiger partial charge in [0.05, 0.1) is 12.0 Å². The molecular weight excluding hydrogens is 396 g/mol. The molecule has 2 atom stereocenters. The zero-order valence-electron chi connectivity index (χ0n) is 17.7. The van der Waals surface area contributed by atoms with E-state index >= 15 is 0 Å². The molecule has 0 saturated carbocycles. The monoisotopic (exact) mass is 426 g/mol. The van der Waals surface area contributed by atoms with E-state index < -0.39 is 5.92 Å². The number of hydrogen-bond donors (Lipinski definition) is 1. The highest BCUT2D eigenvalue weighted by molar-refractivity contribution is 7.10. The lowest BCUT2D eigenvalue weighted by atomic mass is 9.81. The molecule has 160 valence electrons. The highest BCUT2D eigenvalue weighted by Crippen LogP contribution is 2.43. The van der Waals surface area contributed by atoms with Crippen LogP contribution >= 0.6 is 11.3 Å². The zero-order valence-corrected chi connectivity index (χ0v) is 18.5. The van der Waals surface area contributed by atoms with Crippen LogP contribution in [0.1, 0.15) is 39.2 Å². The summed E-state index contributed by atoms with van der Waals surface area (Å²) in [6.07, 6.45) is 0.933. The fraction of sp³-hybridized carbons (Fsp3) is 0.478. The van der Waals surface area contributed by atoms with Crippen molar-refractivity contribution in [3.63, 3.8) is 0 Å². The predicted molar refractivity (Wildman–Crippen MR) is 120 cm³/mol. The fourth-order valence-corrected chi connectivity index (χ4v) is 5.37. The third kappa shape index (κ3) is 4.29. The van der Waals surface area contributed by atoms with Gasteiger partial charge in [-0.05, 0) is 43.1 Å². The maximum absolute atomic E-state index is 13.3. The van der Waals surface area contributed by atoms with E-state index in [-0.39, 0.29) is 17.9 Å². The molecule has 2 aromatic rings. The van der Waals surface area contributed by atoms with Gasteiger partial charge in [0.1, 0.15) is 0 Å². The molecule has 1 aromatic heterocycles. The van der Waals surface area contributed by atoms with Crippen molar-refractivity contribution in [2.24, 2.45) is 0 Å². The second kappa shape index (κ2) is 9.29. The number of thiophene rings is 1. The van der Waals surface area contributed by atoms with Gasteiger partial charge < -0.3 is 20.0 Å². The Morgan fingerprint density at radius 1 is 1.10 bits per heavy atom. The van der Waals surface area contributed by atoms with Crippen molar-refractivity contribution in [3.05, 3.63) is 57.8 Å². The largest absolute Gasteiger partial charge is 0.355 e. The number of fused-ring (bicyclic) bond motifs is 1. The van der Waals surface area contributed by atoms with E-state index in [9.17, 15) is 9.59 Å². The summed E-state index contributed by atoms with van der Waals surface area (Å²) in [7, 11) is 3.96. The first kappa shape index (κ1) is 21.0. The molecule has 0 unspecified atom stereocenters. The van der Waals surface area contributed by atoms with E-state index in [0.29, 0.717) is 12.1 Å². The van der Waals surface area contributed by atoms with E-state index in [4.69, 9.17) is 0 Å². The molecule has 1 N–H and O–H groups in total. The number of benzene rings is 1. The molecular formula is C23H30N4O2S. The third-order valence-corrected chi connectivity index (χ3v) is 7.19. The molecule has 2 aliphatic heterocycles. The fourth-order valence-electron chi connectivity index (χ4n) is 4.47. The number of hydrogen-bond acceptors (Lipinski definition) is 5. The van der Waals surface area contributed by atoms with E-state index in [1.165, 1.54) is 0 Å². The molecule has 7 heteroatoms. The Morgan fingerprint density at radius 2 is 1.87 bits per heavy atom. The second-order valence-electron chi connectivity index (χ2n) is 8.23. The van der Waals surface area contributed by atoms with Crippen LogP contribution in [-0.2, 0) is 4.79 Å². The van der Waals surface area contributed by atoms with Crippen LogP contribution in [0.4, 0.5) is 0 Å². The van der Waals surface area contributed by atoms with E-state index in [2.05, 4.69) is 22.2 Å². The van der Waals surface area contributed by atoms with E-state index in [0.717, 1.165) is 49.6 Å². The van der Waals surface area contributed by atoms with E-state index in [1.807, 2.05) is 41.8 Å². The standard InChI is InChI=1S/C23H30N4O2S/c1-25-12-14-27(15-13-25)11-6-10-24-22(28)20-17-7-3-4-8-18(17)23(29)26(2)21(20)19-9-5-16-30-19/h3-5,7-9,16,20-21H,6,10-15H2,1-2H3,(H,24,28)/t20-,21-/m1/s1. The maximum Gasteiger partial charge on any atom is 0.254 e. The average molecular weight is 427 g/mol. The minimum absolute atomic E-state index is 0.00132. The van der Waals surface area contributed by atoms with Gasteiger partial charge in [0.25, 0.3) is 5.91 Å². The summed E-state index contributed by atoms with van der Waals surface area (Å²) >= 11 is 1.59. The van der Waals surface area contributed by atoms with Crippen LogP contribution in [0.15, 0.2) is 41.8 Å². The van der Waals surface area contributed by atoms with Crippen LogP contribution in [0.3, 0.4) is 0 Å². The molecule has 6 nitrogen and oxygen atoms in total. The van der Waals surface area contributed by atoms with Crippen LogP contribution in [0.25, 0.3) is 0 Å². The van der Waals surface area contributed by atoms with Gasteiger partial charge in [0.15, 0.2) is 0 Å². The van der Waals surface area contributed by atoms with Gasteiger partial charge in [-0.25, -0.2) is 0 Å². The van der Waals surface area contributed by atoms with Gasteiger partial charge in [-0.3, -0.25) is 9.59 Å².